The Labute approximate surface area is 240 Å². The minimum atomic E-state index is -0.718. The van der Waals surface area contributed by atoms with Crippen LogP contribution < -0.4 is 14.2 Å². The Balaban J connectivity index is 2.61. The lowest BCUT2D eigenvalue weighted by Gasteiger charge is -2.25. The predicted molar refractivity (Wildman–Crippen MR) is 160 cm³/mol. The molecule has 0 atom stereocenters. The van der Waals surface area contributed by atoms with Crippen molar-refractivity contribution in [2.45, 2.75) is 94.4 Å². The Morgan fingerprint density at radius 2 is 1.27 bits per heavy atom. The molecule has 0 radical (unpaired) electrons. The first-order valence-corrected chi connectivity index (χ1v) is 14.1. The highest BCUT2D eigenvalue weighted by Crippen LogP contribution is 2.43. The van der Waals surface area contributed by atoms with Gasteiger partial charge in [-0.1, -0.05) is 34.6 Å². The predicted octanol–water partition coefficient (Wildman–Crippen LogP) is 8.52. The number of allylic oxidation sites excluding steroid dienone is 1. The third kappa shape index (κ3) is 8.54. The summed E-state index contributed by atoms with van der Waals surface area (Å²) in [5.74, 6) is 0.645. The number of hydrogen-bond donors (Lipinski definition) is 0. The maximum Gasteiger partial charge on any atom is 0.316 e. The van der Waals surface area contributed by atoms with Gasteiger partial charge in [-0.3, -0.25) is 14.4 Å². The van der Waals surface area contributed by atoms with Crippen LogP contribution in [0.15, 0.2) is 36.4 Å². The number of ketones is 1. The van der Waals surface area contributed by atoms with Crippen LogP contribution in [0.1, 0.15) is 121 Å². The number of benzene rings is 2. The van der Waals surface area contributed by atoms with Crippen molar-refractivity contribution < 1.29 is 28.6 Å². The van der Waals surface area contributed by atoms with Crippen molar-refractivity contribution >= 4 is 23.8 Å². The summed E-state index contributed by atoms with van der Waals surface area (Å²) >= 11 is 0. The van der Waals surface area contributed by atoms with E-state index in [1.807, 2.05) is 41.5 Å². The summed E-state index contributed by atoms with van der Waals surface area (Å²) in [4.78, 5) is 38.5. The molecular formula is C34H46O6. The van der Waals surface area contributed by atoms with Crippen molar-refractivity contribution in [1.82, 2.24) is 0 Å². The molecule has 0 bridgehead atoms. The molecule has 0 saturated carbocycles. The average Bonchev–Trinajstić information content (AvgIpc) is 2.85. The molecule has 0 aromatic heterocycles. The Hall–Kier alpha value is -3.41. The van der Waals surface area contributed by atoms with Crippen LogP contribution in [-0.4, -0.2) is 24.3 Å². The fourth-order valence-corrected chi connectivity index (χ4v) is 3.65. The normalized spacial score (nSPS) is 12.2. The maximum atomic E-state index is 13.2. The topological polar surface area (TPSA) is 78.9 Å². The smallest absolute Gasteiger partial charge is 0.316 e. The third-order valence-corrected chi connectivity index (χ3v) is 6.19. The quantitative estimate of drug-likeness (QED) is 0.128. The number of esters is 2. The molecule has 0 N–H and O–H groups in total. The Morgan fingerprint density at radius 3 is 1.75 bits per heavy atom. The van der Waals surface area contributed by atoms with Gasteiger partial charge >= 0.3 is 11.9 Å². The van der Waals surface area contributed by atoms with Gasteiger partial charge in [0.05, 0.1) is 23.0 Å². The lowest BCUT2D eigenvalue weighted by atomic mass is 9.89. The van der Waals surface area contributed by atoms with E-state index < -0.39 is 10.8 Å². The monoisotopic (exact) mass is 550 g/mol. The zero-order chi connectivity index (χ0) is 30.4. The van der Waals surface area contributed by atoms with Crippen molar-refractivity contribution in [2.24, 2.45) is 10.8 Å². The lowest BCUT2D eigenvalue weighted by molar-refractivity contribution is -0.143. The van der Waals surface area contributed by atoms with Crippen LogP contribution in [-0.2, 0) is 9.59 Å². The number of carbonyl (C=O) groups is 3. The molecular weight excluding hydrogens is 504 g/mol. The highest BCUT2D eigenvalue weighted by molar-refractivity contribution is 6.07. The van der Waals surface area contributed by atoms with Gasteiger partial charge in [-0.15, -0.1) is 0 Å². The summed E-state index contributed by atoms with van der Waals surface area (Å²) < 4.78 is 17.7. The molecule has 0 saturated heterocycles. The van der Waals surface area contributed by atoms with Gasteiger partial charge in [0.15, 0.2) is 5.78 Å². The molecule has 6 nitrogen and oxygen atoms in total. The van der Waals surface area contributed by atoms with Crippen LogP contribution >= 0.6 is 0 Å². The van der Waals surface area contributed by atoms with Crippen LogP contribution in [0.4, 0.5) is 0 Å². The van der Waals surface area contributed by atoms with Gasteiger partial charge in [0.2, 0.25) is 0 Å². The second-order valence-electron chi connectivity index (χ2n) is 12.8. The Kier molecular flexibility index (Phi) is 10.9. The summed E-state index contributed by atoms with van der Waals surface area (Å²) in [5.41, 5.74) is 1.52. The van der Waals surface area contributed by atoms with E-state index in [1.165, 1.54) is 6.08 Å². The van der Waals surface area contributed by atoms with Crippen LogP contribution in [0.25, 0.3) is 6.08 Å². The molecule has 2 aromatic carbocycles. The van der Waals surface area contributed by atoms with E-state index in [0.717, 1.165) is 17.5 Å². The fraction of sp³-hybridized carbons (Fsp3) is 0.500. The number of ether oxygens (including phenoxy) is 3. The van der Waals surface area contributed by atoms with Crippen LogP contribution in [0.5, 0.6) is 17.2 Å². The van der Waals surface area contributed by atoms with Gasteiger partial charge in [-0.25, -0.2) is 0 Å². The molecule has 0 aliphatic carbocycles. The summed E-state index contributed by atoms with van der Waals surface area (Å²) in [5, 5.41) is 0. The molecule has 0 fully saturated rings. The zero-order valence-corrected chi connectivity index (χ0v) is 26.1. The van der Waals surface area contributed by atoms with Crippen molar-refractivity contribution in [2.75, 3.05) is 6.61 Å². The number of hydrogen-bond acceptors (Lipinski definition) is 6. The highest BCUT2D eigenvalue weighted by atomic mass is 16.5. The van der Waals surface area contributed by atoms with E-state index in [4.69, 9.17) is 14.2 Å². The fourth-order valence-electron chi connectivity index (χ4n) is 3.65. The molecule has 218 valence electrons. The SMILES string of the molecule is CCCOc1c(C(C)C)cc(C(C)C)c(OC(=O)C(C)(C)C)c1/C=C/C(=O)c1ccc(OC(=O)C(C)(C)C)cc1. The highest BCUT2D eigenvalue weighted by Gasteiger charge is 2.29. The van der Waals surface area contributed by atoms with Gasteiger partial charge in [-0.05, 0) is 113 Å². The second kappa shape index (κ2) is 13.3. The van der Waals surface area contributed by atoms with E-state index in [2.05, 4.69) is 19.9 Å². The summed E-state index contributed by atoms with van der Waals surface area (Å²) in [6.07, 6.45) is 3.95. The molecule has 40 heavy (non-hydrogen) atoms. The largest absolute Gasteiger partial charge is 0.493 e. The van der Waals surface area contributed by atoms with E-state index in [1.54, 1.807) is 51.1 Å². The first-order valence-electron chi connectivity index (χ1n) is 14.1. The van der Waals surface area contributed by atoms with E-state index in [-0.39, 0.29) is 29.6 Å². The minimum absolute atomic E-state index is 0.0618. The van der Waals surface area contributed by atoms with E-state index in [9.17, 15) is 14.4 Å². The van der Waals surface area contributed by atoms with E-state index in [0.29, 0.717) is 35.0 Å². The second-order valence-corrected chi connectivity index (χ2v) is 12.8. The van der Waals surface area contributed by atoms with Gasteiger partial charge < -0.3 is 14.2 Å². The summed E-state index contributed by atoms with van der Waals surface area (Å²) in [6.45, 7) is 21.6. The average molecular weight is 551 g/mol. The van der Waals surface area contributed by atoms with Crippen LogP contribution in [0, 0.1) is 10.8 Å². The van der Waals surface area contributed by atoms with Gasteiger partial charge in [0.25, 0.3) is 0 Å². The molecule has 0 amide bonds. The van der Waals surface area contributed by atoms with Crippen molar-refractivity contribution in [3.05, 3.63) is 58.7 Å². The summed E-state index contributed by atoms with van der Waals surface area (Å²) in [6, 6.07) is 8.51. The first-order chi connectivity index (χ1) is 18.5. The molecule has 0 spiro atoms. The molecule has 6 heteroatoms. The van der Waals surface area contributed by atoms with Crippen molar-refractivity contribution in [1.29, 1.82) is 0 Å². The number of rotatable bonds is 10. The van der Waals surface area contributed by atoms with Gasteiger partial charge in [-0.2, -0.15) is 0 Å². The van der Waals surface area contributed by atoms with Crippen LogP contribution in [0.2, 0.25) is 0 Å². The Bertz CT molecular complexity index is 1240. The van der Waals surface area contributed by atoms with Crippen molar-refractivity contribution in [3.63, 3.8) is 0 Å². The van der Waals surface area contributed by atoms with Crippen LogP contribution in [0.3, 0.4) is 0 Å². The van der Waals surface area contributed by atoms with E-state index >= 15 is 0 Å². The maximum absolute atomic E-state index is 13.2. The first kappa shape index (κ1) is 32.8. The minimum Gasteiger partial charge on any atom is -0.493 e. The third-order valence-electron chi connectivity index (χ3n) is 6.19. The molecule has 0 aliphatic rings. The molecule has 2 rings (SSSR count). The zero-order valence-electron chi connectivity index (χ0n) is 26.1. The Morgan fingerprint density at radius 1 is 0.775 bits per heavy atom. The summed E-state index contributed by atoms with van der Waals surface area (Å²) in [7, 11) is 0. The standard InChI is InChI=1S/C34H46O6/c1-12-19-38-29-25(17-18-28(35)23-13-15-24(16-14-23)39-31(36)33(6,7)8)30(40-32(37)34(9,10)11)27(22(4)5)20-26(29)21(2)3/h13-18,20-22H,12,19H2,1-11H3/b18-17+. The molecule has 0 heterocycles. The molecule has 0 unspecified atom stereocenters. The lowest BCUT2D eigenvalue weighted by Crippen LogP contribution is -2.26. The molecule has 0 aliphatic heterocycles. The van der Waals surface area contributed by atoms with Gasteiger partial charge in [0, 0.05) is 5.56 Å². The van der Waals surface area contributed by atoms with Crippen molar-refractivity contribution in [3.8, 4) is 17.2 Å². The number of carbonyl (C=O) groups excluding carboxylic acids is 3. The van der Waals surface area contributed by atoms with Gasteiger partial charge in [0.1, 0.15) is 17.2 Å². The molecule has 2 aromatic rings.